The van der Waals surface area contributed by atoms with Crippen LogP contribution in [-0.2, 0) is 15.0 Å². The van der Waals surface area contributed by atoms with Crippen LogP contribution >= 0.6 is 0 Å². The van der Waals surface area contributed by atoms with Gasteiger partial charge in [-0.2, -0.15) is 0 Å². The Balaban J connectivity index is 1.83. The molecule has 9 heteroatoms. The molecule has 8 nitrogen and oxygen atoms in total. The number of hydrogen-bond acceptors (Lipinski definition) is 8. The summed E-state index contributed by atoms with van der Waals surface area (Å²) in [6.07, 6.45) is 6.74. The molecule has 0 saturated carbocycles. The summed E-state index contributed by atoms with van der Waals surface area (Å²) in [6.45, 7) is 0. The summed E-state index contributed by atoms with van der Waals surface area (Å²) in [5, 5.41) is 38.4. The maximum absolute atomic E-state index is 11.8. The Hall–Kier alpha value is -1.66. The van der Waals surface area contributed by atoms with E-state index in [-0.39, 0.29) is 24.4 Å². The van der Waals surface area contributed by atoms with Gasteiger partial charge in [0.25, 0.3) is 0 Å². The fourth-order valence-corrected chi connectivity index (χ4v) is 3.94. The molecule has 2 radical (unpaired) electrons. The summed E-state index contributed by atoms with van der Waals surface area (Å²) in [5.41, 5.74) is -3.80. The third-order valence-electron chi connectivity index (χ3n) is 3.28. The van der Waals surface area contributed by atoms with Gasteiger partial charge >= 0.3 is 144 Å². The molecule has 0 aromatic heterocycles. The van der Waals surface area contributed by atoms with Gasteiger partial charge < -0.3 is 0 Å². The first-order valence-corrected chi connectivity index (χ1v) is 9.72. The monoisotopic (exact) mass is 518 g/mol. The van der Waals surface area contributed by atoms with E-state index in [2.05, 4.69) is 0 Å². The molecule has 0 spiro atoms. The van der Waals surface area contributed by atoms with Crippen molar-refractivity contribution >= 4 is 37.1 Å². The van der Waals surface area contributed by atoms with E-state index in [1.165, 1.54) is 24.3 Å². The normalized spacial score (nSPS) is 29.5. The minimum atomic E-state index is -2.66. The van der Waals surface area contributed by atoms with Crippen molar-refractivity contribution in [3.05, 3.63) is 48.0 Å². The third kappa shape index (κ3) is 4.21. The Morgan fingerprint density at radius 1 is 0.913 bits per heavy atom. The van der Waals surface area contributed by atoms with Crippen molar-refractivity contribution in [2.75, 3.05) is 0 Å². The molecule has 2 atom stereocenters. The molecule has 0 fully saturated rings. The van der Waals surface area contributed by atoms with Crippen LogP contribution in [0.25, 0.3) is 0 Å². The summed E-state index contributed by atoms with van der Waals surface area (Å²) in [6, 6.07) is 0. The second kappa shape index (κ2) is 6.85. The summed E-state index contributed by atoms with van der Waals surface area (Å²) in [5.74, 6) is -2.09. The molecule has 0 aromatic carbocycles. The van der Waals surface area contributed by atoms with Gasteiger partial charge in [-0.25, -0.2) is 0 Å². The second-order valence-electron chi connectivity index (χ2n) is 5.04. The zero-order valence-electron chi connectivity index (χ0n) is 11.8. The van der Waals surface area contributed by atoms with E-state index in [0.29, 0.717) is 0 Å². The van der Waals surface area contributed by atoms with E-state index in [1.807, 2.05) is 0 Å². The Kier molecular flexibility index (Phi) is 5.27. The van der Waals surface area contributed by atoms with Gasteiger partial charge in [0.05, 0.1) is 0 Å². The van der Waals surface area contributed by atoms with Crippen LogP contribution in [0, 0.1) is 0 Å². The predicted octanol–water partition coefficient (Wildman–Crippen LogP) is -0.127. The molecule has 122 valence electrons. The van der Waals surface area contributed by atoms with Crippen LogP contribution in [0.4, 0.5) is 0 Å². The van der Waals surface area contributed by atoms with E-state index in [1.54, 1.807) is 0 Å². The van der Waals surface area contributed by atoms with Gasteiger partial charge in [0.1, 0.15) is 0 Å². The van der Waals surface area contributed by atoms with Crippen LogP contribution in [0.15, 0.2) is 48.0 Å². The summed E-state index contributed by atoms with van der Waals surface area (Å²) >= 11 is -2.66. The van der Waals surface area contributed by atoms with Gasteiger partial charge in [-0.1, -0.05) is 0 Å². The molecular formula is C14H14O8Pb. The number of carbonyl (C=O) groups excluding carboxylic acids is 2. The fourth-order valence-electron chi connectivity index (χ4n) is 1.81. The van der Waals surface area contributed by atoms with Gasteiger partial charge in [0.15, 0.2) is 0 Å². The molecule has 2 aliphatic carbocycles. The van der Waals surface area contributed by atoms with Crippen LogP contribution in [0.2, 0.25) is 0 Å². The number of aliphatic hydroxyl groups excluding tert-OH is 2. The van der Waals surface area contributed by atoms with Gasteiger partial charge in [0.2, 0.25) is 0 Å². The van der Waals surface area contributed by atoms with Crippen LogP contribution in [0.1, 0.15) is 12.8 Å². The topological polar surface area (TPSA) is 134 Å². The van der Waals surface area contributed by atoms with Crippen LogP contribution in [0.3, 0.4) is 0 Å². The first kappa shape index (κ1) is 17.7. The predicted molar refractivity (Wildman–Crippen MR) is 76.8 cm³/mol. The molecule has 0 amide bonds. The zero-order valence-corrected chi connectivity index (χ0v) is 15.7. The molecule has 0 aromatic rings. The van der Waals surface area contributed by atoms with Crippen molar-refractivity contribution in [3.63, 3.8) is 0 Å². The van der Waals surface area contributed by atoms with Gasteiger partial charge in [-0.05, 0) is 0 Å². The SMILES string of the molecule is O=C([O][Pb][O]C(=O)C1(O)C=CC(O)=CC1)C1(O)C=CC(O)=CC1. The molecule has 2 unspecified atom stereocenters. The Morgan fingerprint density at radius 3 is 1.61 bits per heavy atom. The van der Waals surface area contributed by atoms with Crippen LogP contribution < -0.4 is 0 Å². The number of aliphatic hydroxyl groups is 4. The van der Waals surface area contributed by atoms with E-state index >= 15 is 0 Å². The molecule has 2 aliphatic rings. The second-order valence-corrected chi connectivity index (χ2v) is 7.28. The summed E-state index contributed by atoms with van der Waals surface area (Å²) in [7, 11) is 0. The standard InChI is InChI=1S/2C7H8O4.Pb/c2*8-5-1-3-7(11,4-2-5)6(9)10;/h2*1-3,8,11H,4H2,(H,9,10);/q;;+2/p-2. The average molecular weight is 517 g/mol. The Morgan fingerprint density at radius 2 is 1.30 bits per heavy atom. The van der Waals surface area contributed by atoms with E-state index in [0.717, 1.165) is 12.2 Å². The molecule has 2 rings (SSSR count). The molecule has 0 aliphatic heterocycles. The van der Waals surface area contributed by atoms with E-state index < -0.39 is 48.3 Å². The van der Waals surface area contributed by atoms with Crippen molar-refractivity contribution in [3.8, 4) is 0 Å². The number of rotatable bonds is 4. The fraction of sp³-hybridized carbons (Fsp3) is 0.286. The number of hydrogen-bond donors (Lipinski definition) is 4. The first-order valence-electron chi connectivity index (χ1n) is 6.54. The molecule has 0 heterocycles. The van der Waals surface area contributed by atoms with Crippen molar-refractivity contribution in [1.82, 2.24) is 0 Å². The summed E-state index contributed by atoms with van der Waals surface area (Å²) < 4.78 is 9.70. The molecule has 23 heavy (non-hydrogen) atoms. The maximum atomic E-state index is 11.8. The van der Waals surface area contributed by atoms with E-state index in [4.69, 9.17) is 15.6 Å². The van der Waals surface area contributed by atoms with Crippen molar-refractivity contribution < 1.29 is 35.4 Å². The quantitative estimate of drug-likeness (QED) is 0.379. The Bertz CT molecular complexity index is 581. The average Bonchev–Trinajstić information content (AvgIpc) is 2.53. The molecular weight excluding hydrogens is 503 g/mol. The van der Waals surface area contributed by atoms with Gasteiger partial charge in [0, 0.05) is 0 Å². The van der Waals surface area contributed by atoms with Gasteiger partial charge in [-0.15, -0.1) is 0 Å². The minimum absolute atomic E-state index is 0.0707. The van der Waals surface area contributed by atoms with Crippen molar-refractivity contribution in [2.24, 2.45) is 0 Å². The first-order chi connectivity index (χ1) is 10.8. The molecule has 0 bridgehead atoms. The molecule has 4 N–H and O–H groups in total. The third-order valence-corrected chi connectivity index (χ3v) is 5.37. The zero-order chi connectivity index (χ0) is 17.1. The molecule has 0 saturated heterocycles. The van der Waals surface area contributed by atoms with Crippen molar-refractivity contribution in [2.45, 2.75) is 24.0 Å². The van der Waals surface area contributed by atoms with Gasteiger partial charge in [-0.3, -0.25) is 0 Å². The number of allylic oxidation sites excluding steroid dienone is 2. The number of carbonyl (C=O) groups is 2. The Labute approximate surface area is 144 Å². The van der Waals surface area contributed by atoms with Crippen molar-refractivity contribution in [1.29, 1.82) is 0 Å². The van der Waals surface area contributed by atoms with Crippen LogP contribution in [-0.4, -0.2) is 68.7 Å². The van der Waals surface area contributed by atoms with Crippen LogP contribution in [0.5, 0.6) is 0 Å². The van der Waals surface area contributed by atoms with E-state index in [9.17, 15) is 19.8 Å². The summed E-state index contributed by atoms with van der Waals surface area (Å²) in [4.78, 5) is 23.6.